The second-order valence-corrected chi connectivity index (χ2v) is 6.84. The summed E-state index contributed by atoms with van der Waals surface area (Å²) < 4.78 is 10.7. The zero-order chi connectivity index (χ0) is 16.7. The maximum Gasteiger partial charge on any atom is 0.338 e. The molecule has 0 aliphatic heterocycles. The van der Waals surface area contributed by atoms with Gasteiger partial charge in [0.25, 0.3) is 0 Å². The number of ether oxygens (including phenoxy) is 1. The molecule has 118 valence electrons. The van der Waals surface area contributed by atoms with Crippen molar-refractivity contribution in [1.29, 1.82) is 0 Å². The molecular formula is C16H17Cl2NO3. The Morgan fingerprint density at radius 1 is 1.23 bits per heavy atom. The lowest BCUT2D eigenvalue weighted by Gasteiger charge is -2.21. The first kappa shape index (κ1) is 16.8. The predicted octanol–water partition coefficient (Wildman–Crippen LogP) is 5.22. The van der Waals surface area contributed by atoms with E-state index < -0.39 is 11.6 Å². The number of rotatable bonds is 2. The normalized spacial score (nSPS) is 11.6. The third-order valence-corrected chi connectivity index (χ3v) is 3.76. The van der Waals surface area contributed by atoms with Gasteiger partial charge in [0.15, 0.2) is 5.76 Å². The highest BCUT2D eigenvalue weighted by Gasteiger charge is 2.25. The number of aromatic nitrogens is 1. The number of hydrogen-bond donors (Lipinski definition) is 0. The first-order chi connectivity index (χ1) is 10.1. The third-order valence-electron chi connectivity index (χ3n) is 2.97. The molecule has 22 heavy (non-hydrogen) atoms. The van der Waals surface area contributed by atoms with E-state index in [2.05, 4.69) is 5.16 Å². The average Bonchev–Trinajstić information content (AvgIpc) is 2.78. The van der Waals surface area contributed by atoms with Gasteiger partial charge in [-0.15, -0.1) is 0 Å². The second kappa shape index (κ2) is 5.94. The summed E-state index contributed by atoms with van der Waals surface area (Å²) >= 11 is 12.4. The highest BCUT2D eigenvalue weighted by molar-refractivity contribution is 6.44. The van der Waals surface area contributed by atoms with Gasteiger partial charge < -0.3 is 9.26 Å². The van der Waals surface area contributed by atoms with Crippen LogP contribution < -0.4 is 0 Å². The Bertz CT molecular complexity index is 730. The SMILES string of the molecule is Cc1cc(-c2c(C)c(C(=O)OC(C)(C)C)cc(Cl)c2Cl)on1. The molecule has 0 fully saturated rings. The van der Waals surface area contributed by atoms with Crippen molar-refractivity contribution >= 4 is 29.2 Å². The maximum atomic E-state index is 12.4. The summed E-state index contributed by atoms with van der Waals surface area (Å²) in [6, 6.07) is 3.25. The number of hydrogen-bond acceptors (Lipinski definition) is 4. The van der Waals surface area contributed by atoms with E-state index in [9.17, 15) is 4.79 Å². The van der Waals surface area contributed by atoms with Crippen molar-refractivity contribution in [3.05, 3.63) is 39.0 Å². The Morgan fingerprint density at radius 3 is 2.36 bits per heavy atom. The molecule has 0 saturated carbocycles. The fourth-order valence-electron chi connectivity index (χ4n) is 2.04. The van der Waals surface area contributed by atoms with Crippen LogP contribution in [0.4, 0.5) is 0 Å². The molecule has 0 spiro atoms. The lowest BCUT2D eigenvalue weighted by molar-refractivity contribution is 0.00688. The van der Waals surface area contributed by atoms with Gasteiger partial charge in [0.2, 0.25) is 0 Å². The fourth-order valence-corrected chi connectivity index (χ4v) is 2.53. The second-order valence-electron chi connectivity index (χ2n) is 6.05. The number of esters is 1. The van der Waals surface area contributed by atoms with Crippen LogP contribution in [0.5, 0.6) is 0 Å². The van der Waals surface area contributed by atoms with Gasteiger partial charge in [-0.25, -0.2) is 4.79 Å². The average molecular weight is 342 g/mol. The van der Waals surface area contributed by atoms with E-state index in [0.29, 0.717) is 33.2 Å². The largest absolute Gasteiger partial charge is 0.456 e. The smallest absolute Gasteiger partial charge is 0.338 e. The van der Waals surface area contributed by atoms with Crippen molar-refractivity contribution in [3.63, 3.8) is 0 Å². The van der Waals surface area contributed by atoms with Crippen LogP contribution >= 0.6 is 23.2 Å². The van der Waals surface area contributed by atoms with Crippen LogP contribution in [0.1, 0.15) is 42.4 Å². The highest BCUT2D eigenvalue weighted by atomic mass is 35.5. The number of halogens is 2. The van der Waals surface area contributed by atoms with Crippen LogP contribution in [0.3, 0.4) is 0 Å². The van der Waals surface area contributed by atoms with Gasteiger partial charge in [0.1, 0.15) is 5.60 Å². The van der Waals surface area contributed by atoms with Crippen molar-refractivity contribution < 1.29 is 14.1 Å². The minimum atomic E-state index is -0.599. The number of aryl methyl sites for hydroxylation is 1. The molecule has 1 heterocycles. The van der Waals surface area contributed by atoms with Crippen molar-refractivity contribution in [1.82, 2.24) is 5.16 Å². The molecule has 4 nitrogen and oxygen atoms in total. The first-order valence-electron chi connectivity index (χ1n) is 6.76. The van der Waals surface area contributed by atoms with Gasteiger partial charge in [-0.2, -0.15) is 0 Å². The van der Waals surface area contributed by atoms with Crippen molar-refractivity contribution in [3.8, 4) is 11.3 Å². The molecule has 0 N–H and O–H groups in total. The van der Waals surface area contributed by atoms with E-state index in [0.717, 1.165) is 0 Å². The molecular weight excluding hydrogens is 325 g/mol. The van der Waals surface area contributed by atoms with E-state index in [1.54, 1.807) is 40.7 Å². The summed E-state index contributed by atoms with van der Waals surface area (Å²) in [5.74, 6) is 0.00774. The summed E-state index contributed by atoms with van der Waals surface area (Å²) in [5.41, 5.74) is 1.66. The van der Waals surface area contributed by atoms with Crippen molar-refractivity contribution in [2.75, 3.05) is 0 Å². The van der Waals surface area contributed by atoms with E-state index in [1.165, 1.54) is 6.07 Å². The molecule has 0 amide bonds. The Labute approximate surface area is 139 Å². The minimum absolute atomic E-state index is 0.261. The first-order valence-corrected chi connectivity index (χ1v) is 7.51. The van der Waals surface area contributed by atoms with E-state index in [1.807, 2.05) is 0 Å². The third kappa shape index (κ3) is 3.45. The van der Waals surface area contributed by atoms with Crippen molar-refractivity contribution in [2.45, 2.75) is 40.2 Å². The Balaban J connectivity index is 2.59. The van der Waals surface area contributed by atoms with Crippen LogP contribution in [-0.2, 0) is 4.74 Å². The molecule has 2 aromatic rings. The lowest BCUT2D eigenvalue weighted by atomic mass is 10.00. The zero-order valence-corrected chi connectivity index (χ0v) is 14.6. The fraction of sp³-hybridized carbons (Fsp3) is 0.375. The molecule has 0 unspecified atom stereocenters. The van der Waals surface area contributed by atoms with Crippen molar-refractivity contribution in [2.24, 2.45) is 0 Å². The van der Waals surface area contributed by atoms with E-state index in [-0.39, 0.29) is 5.02 Å². The Hall–Kier alpha value is -1.52. The van der Waals surface area contributed by atoms with Crippen LogP contribution in [0.15, 0.2) is 16.7 Å². The summed E-state index contributed by atoms with van der Waals surface area (Å²) in [6.07, 6.45) is 0. The van der Waals surface area contributed by atoms with Gasteiger partial charge >= 0.3 is 5.97 Å². The summed E-state index contributed by atoms with van der Waals surface area (Å²) in [7, 11) is 0. The molecule has 1 aromatic heterocycles. The number of carbonyl (C=O) groups excluding carboxylic acids is 1. The van der Waals surface area contributed by atoms with E-state index >= 15 is 0 Å². The van der Waals surface area contributed by atoms with Crippen LogP contribution in [0.2, 0.25) is 10.0 Å². The van der Waals surface area contributed by atoms with Gasteiger partial charge in [0, 0.05) is 11.6 Å². The predicted molar refractivity (Wildman–Crippen MR) is 86.6 cm³/mol. The molecule has 0 aliphatic rings. The molecule has 0 radical (unpaired) electrons. The lowest BCUT2D eigenvalue weighted by Crippen LogP contribution is -2.24. The van der Waals surface area contributed by atoms with Gasteiger partial charge in [-0.3, -0.25) is 0 Å². The van der Waals surface area contributed by atoms with Gasteiger partial charge in [-0.1, -0.05) is 28.4 Å². The monoisotopic (exact) mass is 341 g/mol. The van der Waals surface area contributed by atoms with Crippen LogP contribution in [0, 0.1) is 13.8 Å². The topological polar surface area (TPSA) is 52.3 Å². The molecule has 0 aliphatic carbocycles. The highest BCUT2D eigenvalue weighted by Crippen LogP contribution is 2.39. The zero-order valence-electron chi connectivity index (χ0n) is 13.1. The van der Waals surface area contributed by atoms with Gasteiger partial charge in [0.05, 0.1) is 21.3 Å². The standard InChI is InChI=1S/C16H17Cl2NO3/c1-8-6-12(22-19-8)13-9(2)10(7-11(17)14(13)18)15(20)21-16(3,4)5/h6-7H,1-5H3. The van der Waals surface area contributed by atoms with E-state index in [4.69, 9.17) is 32.5 Å². The summed E-state index contributed by atoms with van der Waals surface area (Å²) in [6.45, 7) is 8.99. The Kier molecular flexibility index (Phi) is 4.54. The molecule has 6 heteroatoms. The molecule has 2 rings (SSSR count). The number of carbonyl (C=O) groups is 1. The quantitative estimate of drug-likeness (QED) is 0.702. The Morgan fingerprint density at radius 2 is 1.86 bits per heavy atom. The van der Waals surface area contributed by atoms with Crippen LogP contribution in [-0.4, -0.2) is 16.7 Å². The van der Waals surface area contributed by atoms with Crippen LogP contribution in [0.25, 0.3) is 11.3 Å². The van der Waals surface area contributed by atoms with Gasteiger partial charge in [-0.05, 0) is 46.2 Å². The minimum Gasteiger partial charge on any atom is -0.456 e. The molecule has 0 bridgehead atoms. The number of benzene rings is 1. The number of nitrogens with zero attached hydrogens (tertiary/aromatic N) is 1. The molecule has 0 atom stereocenters. The maximum absolute atomic E-state index is 12.4. The molecule has 0 saturated heterocycles. The summed E-state index contributed by atoms with van der Waals surface area (Å²) in [4.78, 5) is 12.4. The summed E-state index contributed by atoms with van der Waals surface area (Å²) in [5, 5.41) is 4.43. The molecule has 1 aromatic carbocycles.